The molecule has 0 fully saturated rings. The van der Waals surface area contributed by atoms with Crippen molar-refractivity contribution in [2.24, 2.45) is 0 Å². The quantitative estimate of drug-likeness (QED) is 0.181. The van der Waals surface area contributed by atoms with Crippen molar-refractivity contribution in [3.8, 4) is 67.3 Å². The molecule has 266 valence electrons. The van der Waals surface area contributed by atoms with Gasteiger partial charge in [-0.2, -0.15) is 0 Å². The molecule has 2 nitrogen and oxygen atoms in total. The van der Waals surface area contributed by atoms with E-state index >= 15 is 0 Å². The Bertz CT molecular complexity index is 3080. The zero-order valence-electron chi connectivity index (χ0n) is 32.1. The first-order chi connectivity index (χ1) is 27.3. The van der Waals surface area contributed by atoms with E-state index in [2.05, 4.69) is 198 Å². The largest absolute Gasteiger partial charge is 0.228 e. The van der Waals surface area contributed by atoms with Gasteiger partial charge >= 0.3 is 0 Å². The molecule has 2 aliphatic rings. The Balaban J connectivity index is 1.07. The van der Waals surface area contributed by atoms with Gasteiger partial charge in [-0.3, -0.25) is 0 Å². The Hall–Kier alpha value is -6.64. The molecule has 1 aromatic heterocycles. The zero-order valence-corrected chi connectivity index (χ0v) is 32.1. The highest BCUT2D eigenvalue weighted by Crippen LogP contribution is 2.52. The minimum absolute atomic E-state index is 0.0729. The summed E-state index contributed by atoms with van der Waals surface area (Å²) in [6, 6.07) is 62.1. The molecule has 0 radical (unpaired) electrons. The summed E-state index contributed by atoms with van der Waals surface area (Å²) in [6.45, 7) is 9.38. The highest BCUT2D eigenvalue weighted by atomic mass is 14.9. The van der Waals surface area contributed by atoms with Crippen LogP contribution in [0.4, 0.5) is 0 Å². The first kappa shape index (κ1) is 32.8. The predicted molar refractivity (Wildman–Crippen MR) is 234 cm³/mol. The van der Waals surface area contributed by atoms with Crippen LogP contribution in [0.25, 0.3) is 88.8 Å². The first-order valence-corrected chi connectivity index (χ1v) is 19.7. The maximum atomic E-state index is 5.38. The van der Waals surface area contributed by atoms with Crippen LogP contribution in [0.15, 0.2) is 170 Å². The molecule has 0 amide bonds. The van der Waals surface area contributed by atoms with Crippen molar-refractivity contribution in [1.29, 1.82) is 0 Å². The van der Waals surface area contributed by atoms with Crippen LogP contribution in [-0.2, 0) is 10.8 Å². The zero-order chi connectivity index (χ0) is 37.8. The van der Waals surface area contributed by atoms with E-state index in [1.165, 1.54) is 71.8 Å². The Kier molecular flexibility index (Phi) is 6.98. The average Bonchev–Trinajstić information content (AvgIpc) is 3.60. The van der Waals surface area contributed by atoms with Crippen molar-refractivity contribution >= 4 is 21.5 Å². The minimum atomic E-state index is -0.102. The molecular weight excluding hydrogens is 677 g/mol. The average molecular weight is 717 g/mol. The smallest absolute Gasteiger partial charge is 0.161 e. The monoisotopic (exact) mass is 716 g/mol. The van der Waals surface area contributed by atoms with Gasteiger partial charge in [-0.25, -0.2) is 9.97 Å². The Morgan fingerprint density at radius 3 is 1.64 bits per heavy atom. The second kappa shape index (κ2) is 11.9. The van der Waals surface area contributed by atoms with Crippen LogP contribution < -0.4 is 0 Å². The fraction of sp³-hybridized carbons (Fsp3) is 0.111. The van der Waals surface area contributed by atoms with Gasteiger partial charge in [-0.1, -0.05) is 161 Å². The number of nitrogens with zero attached hydrogens (tertiary/aromatic N) is 2. The summed E-state index contributed by atoms with van der Waals surface area (Å²) < 4.78 is 0. The number of hydrogen-bond acceptors (Lipinski definition) is 2. The van der Waals surface area contributed by atoms with E-state index in [-0.39, 0.29) is 10.8 Å². The third-order valence-electron chi connectivity index (χ3n) is 12.7. The molecule has 0 saturated heterocycles. The van der Waals surface area contributed by atoms with E-state index in [0.717, 1.165) is 39.3 Å². The predicted octanol–water partition coefficient (Wildman–Crippen LogP) is 14.1. The molecule has 1 heterocycles. The molecular formula is C54H40N2. The number of benzene rings is 8. The van der Waals surface area contributed by atoms with E-state index in [1.54, 1.807) is 0 Å². The summed E-state index contributed by atoms with van der Waals surface area (Å²) >= 11 is 0. The number of hydrogen-bond donors (Lipinski definition) is 0. The topological polar surface area (TPSA) is 25.8 Å². The molecule has 11 rings (SSSR count). The van der Waals surface area contributed by atoms with Crippen LogP contribution in [0.5, 0.6) is 0 Å². The summed E-state index contributed by atoms with van der Waals surface area (Å²) in [7, 11) is 0. The van der Waals surface area contributed by atoms with Crippen LogP contribution >= 0.6 is 0 Å². The van der Waals surface area contributed by atoms with Gasteiger partial charge in [0.15, 0.2) is 5.82 Å². The molecule has 0 atom stereocenters. The molecule has 0 aliphatic heterocycles. The molecule has 9 aromatic rings. The van der Waals surface area contributed by atoms with Gasteiger partial charge in [0.1, 0.15) is 0 Å². The van der Waals surface area contributed by atoms with Gasteiger partial charge in [-0.15, -0.1) is 0 Å². The lowest BCUT2D eigenvalue weighted by molar-refractivity contribution is 0.660. The summed E-state index contributed by atoms with van der Waals surface area (Å²) in [5, 5.41) is 4.90. The third kappa shape index (κ3) is 4.82. The van der Waals surface area contributed by atoms with E-state index in [9.17, 15) is 0 Å². The second-order valence-corrected chi connectivity index (χ2v) is 16.6. The van der Waals surface area contributed by atoms with Crippen molar-refractivity contribution in [1.82, 2.24) is 9.97 Å². The Labute approximate surface area is 328 Å². The van der Waals surface area contributed by atoms with Crippen LogP contribution in [0.2, 0.25) is 0 Å². The van der Waals surface area contributed by atoms with Gasteiger partial charge in [0, 0.05) is 27.5 Å². The molecule has 2 heteroatoms. The lowest BCUT2D eigenvalue weighted by atomic mass is 9.81. The van der Waals surface area contributed by atoms with Gasteiger partial charge in [0.2, 0.25) is 0 Å². The lowest BCUT2D eigenvalue weighted by Crippen LogP contribution is -2.14. The summed E-state index contributed by atoms with van der Waals surface area (Å²) in [4.78, 5) is 10.7. The fourth-order valence-electron chi connectivity index (χ4n) is 9.69. The minimum Gasteiger partial charge on any atom is -0.228 e. The van der Waals surface area contributed by atoms with E-state index in [4.69, 9.17) is 9.97 Å². The van der Waals surface area contributed by atoms with Crippen molar-refractivity contribution in [3.63, 3.8) is 0 Å². The van der Waals surface area contributed by atoms with Crippen LogP contribution in [0.1, 0.15) is 49.9 Å². The second-order valence-electron chi connectivity index (χ2n) is 16.6. The van der Waals surface area contributed by atoms with Crippen molar-refractivity contribution in [2.45, 2.75) is 38.5 Å². The standard InChI is InChI=1S/C54H40N2/c1-53(2)46-21-13-12-20-41(46)42-24-22-37(31-48(42)53)51-32-50(33-14-6-5-7-15-33)55-52(56-51)43-26-25-38(39-18-10-11-19-40(39)43)36-23-27-47-44(29-36)45-28-34-16-8-9-17-35(34)30-49(45)54(47,3)4/h5-32H,1-4H3. The van der Waals surface area contributed by atoms with Gasteiger partial charge in [0.05, 0.1) is 11.4 Å². The lowest BCUT2D eigenvalue weighted by Gasteiger charge is -2.22. The number of aromatic nitrogens is 2. The van der Waals surface area contributed by atoms with E-state index in [0.29, 0.717) is 0 Å². The summed E-state index contributed by atoms with van der Waals surface area (Å²) in [5.74, 6) is 0.726. The summed E-state index contributed by atoms with van der Waals surface area (Å²) in [5.41, 5.74) is 18.0. The fourth-order valence-corrected chi connectivity index (χ4v) is 9.69. The molecule has 8 aromatic carbocycles. The van der Waals surface area contributed by atoms with E-state index in [1.807, 2.05) is 0 Å². The molecule has 0 spiro atoms. The molecule has 56 heavy (non-hydrogen) atoms. The number of rotatable bonds is 4. The van der Waals surface area contributed by atoms with Gasteiger partial charge in [-0.05, 0) is 114 Å². The van der Waals surface area contributed by atoms with Gasteiger partial charge in [0.25, 0.3) is 0 Å². The van der Waals surface area contributed by atoms with Crippen molar-refractivity contribution < 1.29 is 0 Å². The maximum Gasteiger partial charge on any atom is 0.161 e. The molecule has 0 bridgehead atoms. The normalized spacial score (nSPS) is 14.4. The highest BCUT2D eigenvalue weighted by molar-refractivity contribution is 6.05. The van der Waals surface area contributed by atoms with Crippen LogP contribution in [0, 0.1) is 0 Å². The molecule has 2 aliphatic carbocycles. The molecule has 0 N–H and O–H groups in total. The molecule has 0 unspecified atom stereocenters. The van der Waals surface area contributed by atoms with E-state index < -0.39 is 0 Å². The third-order valence-corrected chi connectivity index (χ3v) is 12.7. The Morgan fingerprint density at radius 1 is 0.321 bits per heavy atom. The van der Waals surface area contributed by atoms with Crippen LogP contribution in [0.3, 0.4) is 0 Å². The number of fused-ring (bicyclic) bond motifs is 8. The van der Waals surface area contributed by atoms with Crippen molar-refractivity contribution in [3.05, 3.63) is 192 Å². The van der Waals surface area contributed by atoms with Crippen molar-refractivity contribution in [2.75, 3.05) is 0 Å². The first-order valence-electron chi connectivity index (χ1n) is 19.7. The Morgan fingerprint density at radius 2 is 0.857 bits per heavy atom. The maximum absolute atomic E-state index is 5.38. The van der Waals surface area contributed by atoms with Crippen LogP contribution in [-0.4, -0.2) is 9.97 Å². The SMILES string of the molecule is CC1(C)c2ccccc2-c2ccc(-c3cc(-c4ccccc4)nc(-c4ccc(-c5ccc6c(c5)-c5cc7ccccc7cc5C6(C)C)c5ccccc45)n3)cc21. The van der Waals surface area contributed by atoms with Gasteiger partial charge < -0.3 is 0 Å². The highest BCUT2D eigenvalue weighted by Gasteiger charge is 2.37. The molecule has 0 saturated carbocycles. The summed E-state index contributed by atoms with van der Waals surface area (Å²) in [6.07, 6.45) is 0.